The Morgan fingerprint density at radius 1 is 1.33 bits per heavy atom. The van der Waals surface area contributed by atoms with Crippen LogP contribution in [0.15, 0.2) is 24.3 Å². The van der Waals surface area contributed by atoms with Crippen LogP contribution in [0.25, 0.3) is 0 Å². The minimum atomic E-state index is -0.164. The Bertz CT molecular complexity index is 374. The Hall–Kier alpha value is -1.07. The van der Waals surface area contributed by atoms with Gasteiger partial charge in [-0.2, -0.15) is 11.8 Å². The van der Waals surface area contributed by atoms with Gasteiger partial charge in [0.05, 0.1) is 0 Å². The molecule has 3 nitrogen and oxygen atoms in total. The second-order valence-electron chi connectivity index (χ2n) is 3.85. The first-order valence-corrected chi connectivity index (χ1v) is 7.12. The summed E-state index contributed by atoms with van der Waals surface area (Å²) < 4.78 is 13.3. The standard InChI is InChI=1S/C13H19FN2OS/c1-15-7-6-13(17)16-8-9-18-10-11-4-2-3-5-12(11)14/h2-5,15H,6-10H2,1H3,(H,16,17). The minimum Gasteiger partial charge on any atom is -0.355 e. The Morgan fingerprint density at radius 2 is 2.11 bits per heavy atom. The molecule has 0 saturated heterocycles. The molecule has 100 valence electrons. The predicted octanol–water partition coefficient (Wildman–Crippen LogP) is 1.78. The zero-order chi connectivity index (χ0) is 13.2. The number of carbonyl (C=O) groups excluding carboxylic acids is 1. The van der Waals surface area contributed by atoms with Crippen LogP contribution in [-0.2, 0) is 10.5 Å². The number of halogens is 1. The number of thioether (sulfide) groups is 1. The number of rotatable bonds is 8. The van der Waals surface area contributed by atoms with E-state index in [2.05, 4.69) is 10.6 Å². The fourth-order valence-electron chi connectivity index (χ4n) is 1.39. The van der Waals surface area contributed by atoms with Crippen LogP contribution in [0.4, 0.5) is 4.39 Å². The molecule has 0 aromatic heterocycles. The molecule has 1 amide bonds. The molecule has 0 radical (unpaired) electrons. The number of hydrogen-bond donors (Lipinski definition) is 2. The number of amides is 1. The van der Waals surface area contributed by atoms with Crippen LogP contribution >= 0.6 is 11.8 Å². The van der Waals surface area contributed by atoms with Crippen molar-refractivity contribution in [3.8, 4) is 0 Å². The Kier molecular flexibility index (Phi) is 7.44. The van der Waals surface area contributed by atoms with Gasteiger partial charge in [0.25, 0.3) is 0 Å². The summed E-state index contributed by atoms with van der Waals surface area (Å²) in [6.07, 6.45) is 0.495. The molecular formula is C13H19FN2OS. The number of carbonyl (C=O) groups is 1. The highest BCUT2D eigenvalue weighted by Crippen LogP contribution is 2.14. The van der Waals surface area contributed by atoms with Gasteiger partial charge in [-0.1, -0.05) is 18.2 Å². The third-order valence-corrected chi connectivity index (χ3v) is 3.39. The van der Waals surface area contributed by atoms with E-state index in [4.69, 9.17) is 0 Å². The van der Waals surface area contributed by atoms with Gasteiger partial charge < -0.3 is 10.6 Å². The van der Waals surface area contributed by atoms with Crippen LogP contribution < -0.4 is 10.6 Å². The second-order valence-corrected chi connectivity index (χ2v) is 4.95. The summed E-state index contributed by atoms with van der Waals surface area (Å²) in [7, 11) is 1.82. The zero-order valence-corrected chi connectivity index (χ0v) is 11.4. The lowest BCUT2D eigenvalue weighted by Crippen LogP contribution is -2.28. The van der Waals surface area contributed by atoms with Gasteiger partial charge in [-0.3, -0.25) is 4.79 Å². The molecule has 0 bridgehead atoms. The Labute approximate surface area is 112 Å². The number of hydrogen-bond acceptors (Lipinski definition) is 3. The van der Waals surface area contributed by atoms with Crippen molar-refractivity contribution in [2.75, 3.05) is 25.9 Å². The van der Waals surface area contributed by atoms with Crippen molar-refractivity contribution in [3.05, 3.63) is 35.6 Å². The van der Waals surface area contributed by atoms with E-state index in [0.717, 1.165) is 5.75 Å². The summed E-state index contributed by atoms with van der Waals surface area (Å²) in [5, 5.41) is 5.75. The largest absolute Gasteiger partial charge is 0.355 e. The second kappa shape index (κ2) is 8.94. The van der Waals surface area contributed by atoms with E-state index >= 15 is 0 Å². The van der Waals surface area contributed by atoms with E-state index in [-0.39, 0.29) is 11.7 Å². The van der Waals surface area contributed by atoms with Gasteiger partial charge in [0.2, 0.25) is 5.91 Å². The van der Waals surface area contributed by atoms with Crippen molar-refractivity contribution in [2.24, 2.45) is 0 Å². The first-order chi connectivity index (χ1) is 8.74. The Morgan fingerprint density at radius 3 is 2.83 bits per heavy atom. The maximum atomic E-state index is 13.3. The van der Waals surface area contributed by atoms with Crippen molar-refractivity contribution >= 4 is 17.7 Å². The van der Waals surface area contributed by atoms with Crippen molar-refractivity contribution in [1.29, 1.82) is 0 Å². The van der Waals surface area contributed by atoms with E-state index in [9.17, 15) is 9.18 Å². The van der Waals surface area contributed by atoms with Gasteiger partial charge in [0.15, 0.2) is 0 Å². The monoisotopic (exact) mass is 270 g/mol. The highest BCUT2D eigenvalue weighted by atomic mass is 32.2. The lowest BCUT2D eigenvalue weighted by Gasteiger charge is -2.05. The fourth-order valence-corrected chi connectivity index (χ4v) is 2.23. The average molecular weight is 270 g/mol. The minimum absolute atomic E-state index is 0.0517. The molecule has 1 aromatic rings. The van der Waals surface area contributed by atoms with Gasteiger partial charge in [-0.25, -0.2) is 4.39 Å². The number of nitrogens with one attached hydrogen (secondary N) is 2. The van der Waals surface area contributed by atoms with E-state index in [1.54, 1.807) is 23.9 Å². The molecule has 1 rings (SSSR count). The lowest BCUT2D eigenvalue weighted by atomic mass is 10.2. The lowest BCUT2D eigenvalue weighted by molar-refractivity contribution is -0.120. The molecule has 0 atom stereocenters. The van der Waals surface area contributed by atoms with Gasteiger partial charge in [0.1, 0.15) is 5.82 Å². The van der Waals surface area contributed by atoms with Crippen molar-refractivity contribution in [3.63, 3.8) is 0 Å². The topological polar surface area (TPSA) is 41.1 Å². The third-order valence-electron chi connectivity index (χ3n) is 2.39. The molecule has 0 aliphatic heterocycles. The van der Waals surface area contributed by atoms with Crippen LogP contribution in [-0.4, -0.2) is 31.8 Å². The molecular weight excluding hydrogens is 251 g/mol. The van der Waals surface area contributed by atoms with Crippen LogP contribution in [0.5, 0.6) is 0 Å². The van der Waals surface area contributed by atoms with Crippen molar-refractivity contribution in [2.45, 2.75) is 12.2 Å². The summed E-state index contributed by atoms with van der Waals surface area (Å²) >= 11 is 1.62. The number of benzene rings is 1. The quantitative estimate of drug-likeness (QED) is 0.708. The van der Waals surface area contributed by atoms with Crippen LogP contribution in [0.2, 0.25) is 0 Å². The summed E-state index contributed by atoms with van der Waals surface area (Å²) in [5.41, 5.74) is 0.712. The van der Waals surface area contributed by atoms with E-state index in [1.165, 1.54) is 6.07 Å². The maximum Gasteiger partial charge on any atom is 0.221 e. The molecule has 5 heteroatoms. The smallest absolute Gasteiger partial charge is 0.221 e. The highest BCUT2D eigenvalue weighted by Gasteiger charge is 2.01. The Balaban J connectivity index is 2.09. The molecule has 0 aliphatic carbocycles. The summed E-state index contributed by atoms with van der Waals surface area (Å²) in [6.45, 7) is 1.32. The molecule has 0 unspecified atom stereocenters. The first-order valence-electron chi connectivity index (χ1n) is 5.96. The first kappa shape index (κ1) is 15.0. The van der Waals surface area contributed by atoms with E-state index in [0.29, 0.717) is 30.8 Å². The van der Waals surface area contributed by atoms with E-state index in [1.807, 2.05) is 13.1 Å². The third kappa shape index (κ3) is 6.02. The van der Waals surface area contributed by atoms with Crippen molar-refractivity contribution < 1.29 is 9.18 Å². The van der Waals surface area contributed by atoms with Crippen molar-refractivity contribution in [1.82, 2.24) is 10.6 Å². The fraction of sp³-hybridized carbons (Fsp3) is 0.462. The summed E-state index contributed by atoms with van der Waals surface area (Å²) in [5.74, 6) is 1.32. The molecule has 2 N–H and O–H groups in total. The molecule has 0 heterocycles. The normalized spacial score (nSPS) is 10.3. The average Bonchev–Trinajstić information content (AvgIpc) is 2.38. The van der Waals surface area contributed by atoms with Crippen LogP contribution in [0, 0.1) is 5.82 Å². The molecule has 0 saturated carbocycles. The van der Waals surface area contributed by atoms with Gasteiger partial charge >= 0.3 is 0 Å². The molecule has 0 spiro atoms. The predicted molar refractivity (Wildman–Crippen MR) is 74.1 cm³/mol. The summed E-state index contributed by atoms with van der Waals surface area (Å²) in [4.78, 5) is 11.3. The molecule has 18 heavy (non-hydrogen) atoms. The van der Waals surface area contributed by atoms with Crippen LogP contribution in [0.3, 0.4) is 0 Å². The van der Waals surface area contributed by atoms with Gasteiger partial charge in [-0.15, -0.1) is 0 Å². The van der Waals surface area contributed by atoms with Gasteiger partial charge in [-0.05, 0) is 18.7 Å². The summed E-state index contributed by atoms with van der Waals surface area (Å²) in [6, 6.07) is 6.77. The SMILES string of the molecule is CNCCC(=O)NCCSCc1ccccc1F. The van der Waals surface area contributed by atoms with Crippen LogP contribution in [0.1, 0.15) is 12.0 Å². The molecule has 0 fully saturated rings. The maximum absolute atomic E-state index is 13.3. The zero-order valence-electron chi connectivity index (χ0n) is 10.5. The molecule has 1 aromatic carbocycles. The highest BCUT2D eigenvalue weighted by molar-refractivity contribution is 7.98. The van der Waals surface area contributed by atoms with Gasteiger partial charge in [0, 0.05) is 31.0 Å². The molecule has 0 aliphatic rings. The van der Waals surface area contributed by atoms with E-state index < -0.39 is 0 Å².